The van der Waals surface area contributed by atoms with E-state index in [1.165, 1.54) is 41.3 Å². The lowest BCUT2D eigenvalue weighted by molar-refractivity contribution is -0.139. The van der Waals surface area contributed by atoms with Crippen molar-refractivity contribution in [3.63, 3.8) is 0 Å². The minimum atomic E-state index is -4.11. The second kappa shape index (κ2) is 12.5. The van der Waals surface area contributed by atoms with Crippen LogP contribution < -0.4 is 9.62 Å². The maximum absolute atomic E-state index is 13.7. The molecule has 10 heteroatoms. The lowest BCUT2D eigenvalue weighted by atomic mass is 10.1. The van der Waals surface area contributed by atoms with Crippen LogP contribution in [-0.4, -0.2) is 43.8 Å². The molecule has 0 heterocycles. The molecule has 1 N–H and O–H groups in total. The maximum Gasteiger partial charge on any atom is 0.264 e. The monoisotopic (exact) mass is 637 g/mol. The highest BCUT2D eigenvalue weighted by Gasteiger charge is 2.32. The number of hydrogen-bond acceptors (Lipinski definition) is 4. The molecule has 0 aliphatic carbocycles. The second-order valence-electron chi connectivity index (χ2n) is 8.79. The van der Waals surface area contributed by atoms with E-state index in [1.807, 2.05) is 13.8 Å². The van der Waals surface area contributed by atoms with Crippen molar-refractivity contribution in [2.24, 2.45) is 0 Å². The number of benzene rings is 3. The topological polar surface area (TPSA) is 86.8 Å². The van der Waals surface area contributed by atoms with Crippen LogP contribution in [0.15, 0.2) is 83.8 Å². The minimum Gasteiger partial charge on any atom is -0.352 e. The Labute approximate surface area is 230 Å². The van der Waals surface area contributed by atoms with Crippen LogP contribution in [0, 0.1) is 9.39 Å². The molecule has 1 atom stereocenters. The Hall–Kier alpha value is -2.99. The van der Waals surface area contributed by atoms with Gasteiger partial charge in [0.2, 0.25) is 11.8 Å². The van der Waals surface area contributed by atoms with E-state index in [2.05, 4.69) is 27.9 Å². The van der Waals surface area contributed by atoms with Gasteiger partial charge in [-0.1, -0.05) is 30.3 Å². The van der Waals surface area contributed by atoms with Gasteiger partial charge in [-0.3, -0.25) is 13.9 Å². The smallest absolute Gasteiger partial charge is 0.264 e. The Bertz CT molecular complexity index is 1320. The third kappa shape index (κ3) is 7.51. The zero-order chi connectivity index (χ0) is 27.2. The molecule has 0 aliphatic rings. The molecule has 37 heavy (non-hydrogen) atoms. The third-order valence-electron chi connectivity index (χ3n) is 5.59. The molecule has 3 aromatic rings. The first-order chi connectivity index (χ1) is 17.5. The highest BCUT2D eigenvalue weighted by Crippen LogP contribution is 2.25. The van der Waals surface area contributed by atoms with Crippen molar-refractivity contribution in [3.05, 3.63) is 93.8 Å². The normalized spacial score (nSPS) is 12.2. The van der Waals surface area contributed by atoms with Gasteiger partial charge in [0, 0.05) is 16.2 Å². The highest BCUT2D eigenvalue weighted by molar-refractivity contribution is 14.1. The molecule has 0 aromatic heterocycles. The van der Waals surface area contributed by atoms with Crippen LogP contribution in [0.2, 0.25) is 0 Å². The predicted octanol–water partition coefficient (Wildman–Crippen LogP) is 4.57. The number of carbonyl (C=O) groups is 2. The molecule has 0 bridgehead atoms. The van der Waals surface area contributed by atoms with Gasteiger partial charge < -0.3 is 10.2 Å². The highest BCUT2D eigenvalue weighted by atomic mass is 127. The molecule has 3 aromatic carbocycles. The van der Waals surface area contributed by atoms with E-state index >= 15 is 0 Å². The summed E-state index contributed by atoms with van der Waals surface area (Å²) in [6.07, 6.45) is 0. The average Bonchev–Trinajstić information content (AvgIpc) is 2.87. The van der Waals surface area contributed by atoms with E-state index in [1.54, 1.807) is 49.4 Å². The predicted molar refractivity (Wildman–Crippen MR) is 150 cm³/mol. The van der Waals surface area contributed by atoms with Crippen molar-refractivity contribution < 1.29 is 22.4 Å². The fraction of sp³-hybridized carbons (Fsp3) is 0.259. The van der Waals surface area contributed by atoms with Crippen molar-refractivity contribution in [2.75, 3.05) is 10.8 Å². The lowest BCUT2D eigenvalue weighted by Gasteiger charge is -2.32. The molecule has 2 amide bonds. The summed E-state index contributed by atoms with van der Waals surface area (Å²) >= 11 is 2.11. The summed E-state index contributed by atoms with van der Waals surface area (Å²) in [5.74, 6) is -1.38. The van der Waals surface area contributed by atoms with Gasteiger partial charge in [-0.05, 0) is 97.5 Å². The molecule has 1 unspecified atom stereocenters. The lowest BCUT2D eigenvalue weighted by Crippen LogP contribution is -2.52. The average molecular weight is 638 g/mol. The van der Waals surface area contributed by atoms with Gasteiger partial charge in [0.1, 0.15) is 18.4 Å². The van der Waals surface area contributed by atoms with Crippen molar-refractivity contribution >= 4 is 50.1 Å². The van der Waals surface area contributed by atoms with E-state index in [0.717, 1.165) is 7.88 Å². The minimum absolute atomic E-state index is 0.00227. The van der Waals surface area contributed by atoms with Gasteiger partial charge >= 0.3 is 0 Å². The number of sulfonamides is 1. The number of carbonyl (C=O) groups excluding carboxylic acids is 2. The third-order valence-corrected chi connectivity index (χ3v) is 8.10. The largest absolute Gasteiger partial charge is 0.352 e. The molecular formula is C27H29FIN3O4S. The van der Waals surface area contributed by atoms with Gasteiger partial charge in [-0.15, -0.1) is 0 Å². The zero-order valence-electron chi connectivity index (χ0n) is 20.8. The fourth-order valence-corrected chi connectivity index (χ4v) is 5.42. The molecule has 0 spiro atoms. The Balaban J connectivity index is 2.00. The zero-order valence-corrected chi connectivity index (χ0v) is 23.7. The van der Waals surface area contributed by atoms with Gasteiger partial charge in [0.25, 0.3) is 10.0 Å². The number of halogens is 2. The van der Waals surface area contributed by atoms with Gasteiger partial charge in [0.05, 0.1) is 10.6 Å². The molecule has 0 fully saturated rings. The van der Waals surface area contributed by atoms with E-state index in [0.29, 0.717) is 11.3 Å². The number of anilines is 1. The van der Waals surface area contributed by atoms with Gasteiger partial charge in [0.15, 0.2) is 0 Å². The standard InChI is InChI=1S/C27H29FIN3O4S/c1-19(2)30-27(34)20(3)31(17-21-9-11-22(28)12-10-21)26(33)18-32(24-15-13-23(29)14-16-24)37(35,36)25-7-5-4-6-8-25/h4-16,19-20H,17-18H2,1-3H3,(H,30,34). The van der Waals surface area contributed by atoms with Crippen molar-refractivity contribution in [1.82, 2.24) is 10.2 Å². The quantitative estimate of drug-likeness (QED) is 0.331. The number of rotatable bonds is 10. The summed E-state index contributed by atoms with van der Waals surface area (Å²) in [6, 6.07) is 19.2. The second-order valence-corrected chi connectivity index (χ2v) is 11.9. The Morgan fingerprint density at radius 3 is 2.08 bits per heavy atom. The summed E-state index contributed by atoms with van der Waals surface area (Å²) < 4.78 is 42.7. The summed E-state index contributed by atoms with van der Waals surface area (Å²) in [4.78, 5) is 27.9. The Morgan fingerprint density at radius 1 is 0.919 bits per heavy atom. The molecule has 7 nitrogen and oxygen atoms in total. The van der Waals surface area contributed by atoms with Crippen LogP contribution in [0.4, 0.5) is 10.1 Å². The van der Waals surface area contributed by atoms with Crippen molar-refractivity contribution in [1.29, 1.82) is 0 Å². The molecule has 0 saturated heterocycles. The van der Waals surface area contributed by atoms with Crippen LogP contribution >= 0.6 is 22.6 Å². The van der Waals surface area contributed by atoms with Crippen molar-refractivity contribution in [3.8, 4) is 0 Å². The van der Waals surface area contributed by atoms with Crippen LogP contribution in [0.3, 0.4) is 0 Å². The first-order valence-corrected chi connectivity index (χ1v) is 14.2. The fourth-order valence-electron chi connectivity index (χ4n) is 3.63. The molecule has 3 rings (SSSR count). The number of nitrogens with zero attached hydrogens (tertiary/aromatic N) is 2. The van der Waals surface area contributed by atoms with Crippen molar-refractivity contribution in [2.45, 2.75) is 44.3 Å². The van der Waals surface area contributed by atoms with Crippen LogP contribution in [0.1, 0.15) is 26.3 Å². The van der Waals surface area contributed by atoms with Crippen LogP contribution in [-0.2, 0) is 26.2 Å². The van der Waals surface area contributed by atoms with E-state index in [4.69, 9.17) is 0 Å². The molecular weight excluding hydrogens is 608 g/mol. The summed E-state index contributed by atoms with van der Waals surface area (Å²) in [7, 11) is -4.11. The van der Waals surface area contributed by atoms with E-state index in [9.17, 15) is 22.4 Å². The number of nitrogens with one attached hydrogen (secondary N) is 1. The molecule has 196 valence electrons. The molecule has 0 saturated carbocycles. The number of amides is 2. The van der Waals surface area contributed by atoms with Crippen LogP contribution in [0.5, 0.6) is 0 Å². The SMILES string of the molecule is CC(C)NC(=O)C(C)N(Cc1ccc(F)cc1)C(=O)CN(c1ccc(I)cc1)S(=O)(=O)c1ccccc1. The van der Waals surface area contributed by atoms with Gasteiger partial charge in [-0.25, -0.2) is 12.8 Å². The van der Waals surface area contributed by atoms with Crippen LogP contribution in [0.25, 0.3) is 0 Å². The summed E-state index contributed by atoms with van der Waals surface area (Å²) in [6.45, 7) is 4.67. The molecule has 0 aliphatic heterocycles. The van der Waals surface area contributed by atoms with Gasteiger partial charge in [-0.2, -0.15) is 0 Å². The maximum atomic E-state index is 13.7. The summed E-state index contributed by atoms with van der Waals surface area (Å²) in [5.41, 5.74) is 0.921. The van der Waals surface area contributed by atoms with E-state index < -0.39 is 34.3 Å². The first-order valence-electron chi connectivity index (χ1n) is 11.7. The number of hydrogen-bond donors (Lipinski definition) is 1. The Kier molecular flexibility index (Phi) is 9.66. The van der Waals surface area contributed by atoms with E-state index in [-0.39, 0.29) is 23.4 Å². The Morgan fingerprint density at radius 2 is 1.51 bits per heavy atom. The summed E-state index contributed by atoms with van der Waals surface area (Å²) in [5, 5.41) is 2.79. The molecule has 0 radical (unpaired) electrons. The first kappa shape index (κ1) is 28.6.